The molecule has 0 bridgehead atoms. The molecule has 0 saturated carbocycles. The third-order valence-electron chi connectivity index (χ3n) is 3.78. The van der Waals surface area contributed by atoms with Gasteiger partial charge in [0.25, 0.3) is 11.6 Å². The highest BCUT2D eigenvalue weighted by Gasteiger charge is 2.23. The number of sulfonamides is 1. The van der Waals surface area contributed by atoms with E-state index in [1.807, 2.05) is 4.72 Å². The standard InChI is InChI=1S/C18H19N3O7S2/c1-12(18(23)20-13-6-4-3-5-7-13)28-17(22)11-19-30(26,27)14-8-9-16(29-2)15(10-14)21(24)25/h3-10,12,19H,11H2,1-2H3,(H,20,23). The summed E-state index contributed by atoms with van der Waals surface area (Å²) < 4.78 is 31.6. The molecule has 30 heavy (non-hydrogen) atoms. The van der Waals surface area contributed by atoms with Crippen LogP contribution in [-0.4, -0.2) is 44.1 Å². The van der Waals surface area contributed by atoms with E-state index in [9.17, 15) is 28.1 Å². The third kappa shape index (κ3) is 6.27. The second-order valence-electron chi connectivity index (χ2n) is 5.90. The highest BCUT2D eigenvalue weighted by Crippen LogP contribution is 2.29. The molecule has 0 aliphatic heterocycles. The average Bonchev–Trinajstić information content (AvgIpc) is 2.72. The Morgan fingerprint density at radius 1 is 1.20 bits per heavy atom. The molecular formula is C18H19N3O7S2. The molecule has 0 saturated heterocycles. The van der Waals surface area contributed by atoms with Crippen LogP contribution in [0.4, 0.5) is 11.4 Å². The van der Waals surface area contributed by atoms with Gasteiger partial charge in [-0.2, -0.15) is 4.72 Å². The summed E-state index contributed by atoms with van der Waals surface area (Å²) in [4.78, 5) is 34.3. The number of ether oxygens (including phenoxy) is 1. The van der Waals surface area contributed by atoms with E-state index in [0.717, 1.165) is 17.8 Å². The van der Waals surface area contributed by atoms with Crippen molar-refractivity contribution in [2.75, 3.05) is 18.1 Å². The number of hydrogen-bond donors (Lipinski definition) is 2. The number of anilines is 1. The topological polar surface area (TPSA) is 145 Å². The van der Waals surface area contributed by atoms with Crippen molar-refractivity contribution in [3.05, 3.63) is 58.6 Å². The van der Waals surface area contributed by atoms with E-state index in [0.29, 0.717) is 10.6 Å². The molecule has 2 rings (SSSR count). The predicted molar refractivity (Wildman–Crippen MR) is 111 cm³/mol. The van der Waals surface area contributed by atoms with E-state index >= 15 is 0 Å². The van der Waals surface area contributed by atoms with Gasteiger partial charge >= 0.3 is 5.97 Å². The van der Waals surface area contributed by atoms with Crippen LogP contribution < -0.4 is 10.0 Å². The third-order valence-corrected chi connectivity index (χ3v) is 5.97. The predicted octanol–water partition coefficient (Wildman–Crippen LogP) is 2.17. The Morgan fingerprint density at radius 3 is 2.47 bits per heavy atom. The minimum absolute atomic E-state index is 0.302. The summed E-state index contributed by atoms with van der Waals surface area (Å²) in [7, 11) is -4.21. The normalized spacial score (nSPS) is 12.1. The zero-order chi connectivity index (χ0) is 22.3. The summed E-state index contributed by atoms with van der Waals surface area (Å²) in [5.41, 5.74) is 0.153. The van der Waals surface area contributed by atoms with Crippen molar-refractivity contribution in [2.24, 2.45) is 0 Å². The molecular weight excluding hydrogens is 434 g/mol. The first-order valence-electron chi connectivity index (χ1n) is 8.51. The average molecular weight is 453 g/mol. The minimum Gasteiger partial charge on any atom is -0.452 e. The first-order valence-corrected chi connectivity index (χ1v) is 11.2. The number of para-hydroxylation sites is 1. The number of thioether (sulfide) groups is 1. The minimum atomic E-state index is -4.21. The van der Waals surface area contributed by atoms with Crippen LogP contribution in [0.5, 0.6) is 0 Å². The lowest BCUT2D eigenvalue weighted by atomic mass is 10.3. The maximum atomic E-state index is 12.3. The molecule has 2 N–H and O–H groups in total. The van der Waals surface area contributed by atoms with Gasteiger partial charge in [0.05, 0.1) is 14.7 Å². The summed E-state index contributed by atoms with van der Waals surface area (Å²) in [6.07, 6.45) is 0.462. The summed E-state index contributed by atoms with van der Waals surface area (Å²) in [5.74, 6) is -1.56. The van der Waals surface area contributed by atoms with Crippen molar-refractivity contribution in [2.45, 2.75) is 22.8 Å². The zero-order valence-electron chi connectivity index (χ0n) is 16.0. The van der Waals surface area contributed by atoms with Crippen molar-refractivity contribution in [3.8, 4) is 0 Å². The zero-order valence-corrected chi connectivity index (χ0v) is 17.7. The fraction of sp³-hybridized carbons (Fsp3) is 0.222. The maximum Gasteiger partial charge on any atom is 0.321 e. The van der Waals surface area contributed by atoms with Gasteiger partial charge in [-0.3, -0.25) is 19.7 Å². The SMILES string of the molecule is CSc1ccc(S(=O)(=O)NCC(=O)OC(C)C(=O)Nc2ccccc2)cc1[N+](=O)[O-]. The van der Waals surface area contributed by atoms with Gasteiger partial charge in [0, 0.05) is 11.8 Å². The van der Waals surface area contributed by atoms with Crippen molar-refractivity contribution in [3.63, 3.8) is 0 Å². The molecule has 160 valence electrons. The lowest BCUT2D eigenvalue weighted by Gasteiger charge is -2.14. The summed E-state index contributed by atoms with van der Waals surface area (Å²) in [6.45, 7) is 0.596. The fourth-order valence-corrected chi connectivity index (χ4v) is 3.81. The number of nitrogens with zero attached hydrogens (tertiary/aromatic N) is 1. The van der Waals surface area contributed by atoms with E-state index in [4.69, 9.17) is 4.74 Å². The number of carbonyl (C=O) groups excluding carboxylic acids is 2. The number of rotatable bonds is 9. The lowest BCUT2D eigenvalue weighted by Crippen LogP contribution is -2.35. The smallest absolute Gasteiger partial charge is 0.321 e. The first-order chi connectivity index (χ1) is 14.1. The van der Waals surface area contributed by atoms with Crippen LogP contribution in [0.2, 0.25) is 0 Å². The summed E-state index contributed by atoms with van der Waals surface area (Å²) in [6, 6.07) is 11.9. The molecule has 0 fully saturated rings. The van der Waals surface area contributed by atoms with Crippen molar-refractivity contribution in [1.29, 1.82) is 0 Å². The van der Waals surface area contributed by atoms with Crippen LogP contribution >= 0.6 is 11.8 Å². The molecule has 2 aromatic carbocycles. The van der Waals surface area contributed by atoms with Crippen LogP contribution in [0.15, 0.2) is 58.3 Å². The molecule has 0 aliphatic carbocycles. The maximum absolute atomic E-state index is 12.3. The van der Waals surface area contributed by atoms with Gasteiger partial charge in [-0.05, 0) is 37.4 Å². The van der Waals surface area contributed by atoms with Gasteiger partial charge in [0.2, 0.25) is 10.0 Å². The molecule has 0 aromatic heterocycles. The van der Waals surface area contributed by atoms with Gasteiger partial charge in [0.15, 0.2) is 6.10 Å². The number of hydrogen-bond acceptors (Lipinski definition) is 8. The van der Waals surface area contributed by atoms with Gasteiger partial charge in [-0.15, -0.1) is 11.8 Å². The van der Waals surface area contributed by atoms with Gasteiger partial charge < -0.3 is 10.1 Å². The van der Waals surface area contributed by atoms with E-state index in [2.05, 4.69) is 5.32 Å². The van der Waals surface area contributed by atoms with Crippen molar-refractivity contribution < 1.29 is 27.7 Å². The van der Waals surface area contributed by atoms with E-state index < -0.39 is 39.5 Å². The van der Waals surface area contributed by atoms with Crippen LogP contribution in [0.3, 0.4) is 0 Å². The van der Waals surface area contributed by atoms with Crippen LogP contribution in [-0.2, 0) is 24.3 Å². The lowest BCUT2D eigenvalue weighted by molar-refractivity contribution is -0.387. The number of nitro groups is 1. The molecule has 0 spiro atoms. The number of benzene rings is 2. The summed E-state index contributed by atoms with van der Waals surface area (Å²) >= 11 is 1.10. The highest BCUT2D eigenvalue weighted by molar-refractivity contribution is 7.98. The van der Waals surface area contributed by atoms with E-state index in [1.54, 1.807) is 36.6 Å². The molecule has 0 aliphatic rings. The summed E-state index contributed by atoms with van der Waals surface area (Å²) in [5, 5.41) is 13.7. The molecule has 10 nitrogen and oxygen atoms in total. The Morgan fingerprint density at radius 2 is 1.87 bits per heavy atom. The van der Waals surface area contributed by atoms with Gasteiger partial charge in [-0.1, -0.05) is 18.2 Å². The van der Waals surface area contributed by atoms with Crippen LogP contribution in [0, 0.1) is 10.1 Å². The molecule has 1 atom stereocenters. The van der Waals surface area contributed by atoms with Crippen LogP contribution in [0.1, 0.15) is 6.92 Å². The quantitative estimate of drug-likeness (QED) is 0.254. The highest BCUT2D eigenvalue weighted by atomic mass is 32.2. The molecule has 1 amide bonds. The Bertz CT molecular complexity index is 1040. The van der Waals surface area contributed by atoms with Crippen molar-refractivity contribution >= 4 is 45.0 Å². The van der Waals surface area contributed by atoms with E-state index in [-0.39, 0.29) is 10.6 Å². The second kappa shape index (κ2) is 10.2. The largest absolute Gasteiger partial charge is 0.452 e. The Labute approximate surface area is 177 Å². The molecule has 12 heteroatoms. The molecule has 0 heterocycles. The first kappa shape index (κ1) is 23.3. The van der Waals surface area contributed by atoms with Crippen molar-refractivity contribution in [1.82, 2.24) is 4.72 Å². The monoisotopic (exact) mass is 453 g/mol. The number of nitrogens with one attached hydrogen (secondary N) is 2. The second-order valence-corrected chi connectivity index (χ2v) is 8.52. The van der Waals surface area contributed by atoms with E-state index in [1.165, 1.54) is 19.1 Å². The molecule has 1 unspecified atom stereocenters. The van der Waals surface area contributed by atoms with Gasteiger partial charge in [0.1, 0.15) is 6.54 Å². The van der Waals surface area contributed by atoms with Crippen LogP contribution in [0.25, 0.3) is 0 Å². The Balaban J connectivity index is 1.97. The number of carbonyl (C=O) groups is 2. The van der Waals surface area contributed by atoms with Gasteiger partial charge in [-0.25, -0.2) is 8.42 Å². The molecule has 0 radical (unpaired) electrons. The number of amides is 1. The number of nitro benzene ring substituents is 1. The number of esters is 1. The molecule has 2 aromatic rings. The Kier molecular flexibility index (Phi) is 7.92. The Hall–Kier alpha value is -2.96. The fourth-order valence-electron chi connectivity index (χ4n) is 2.27.